The molecule has 0 aromatic carbocycles. The lowest BCUT2D eigenvalue weighted by Gasteiger charge is -2.41. The third kappa shape index (κ3) is 3.10. The maximum atomic E-state index is 2.69. The standard InChI is InChI=1S/C17H33N/c1-5-11-17(6-2,7-3)18(4)12-10-15-13-16(15)14-8-9-14/h14-16H,5-13H2,1-4H3. The van der Waals surface area contributed by atoms with Crippen molar-refractivity contribution in [3.63, 3.8) is 0 Å². The van der Waals surface area contributed by atoms with Crippen LogP contribution in [0.15, 0.2) is 0 Å². The minimum absolute atomic E-state index is 0.485. The largest absolute Gasteiger partial charge is 0.301 e. The van der Waals surface area contributed by atoms with Crippen molar-refractivity contribution >= 4 is 0 Å². The van der Waals surface area contributed by atoms with Crippen LogP contribution in [-0.2, 0) is 0 Å². The lowest BCUT2D eigenvalue weighted by atomic mass is 9.86. The lowest BCUT2D eigenvalue weighted by molar-refractivity contribution is 0.0930. The molecule has 1 nitrogen and oxygen atoms in total. The number of hydrogen-bond acceptors (Lipinski definition) is 1. The molecule has 0 N–H and O–H groups in total. The molecule has 0 amide bonds. The highest BCUT2D eigenvalue weighted by Crippen LogP contribution is 2.55. The SMILES string of the molecule is CCCC(CC)(CC)N(C)CCC1CC1C1CC1. The van der Waals surface area contributed by atoms with Gasteiger partial charge in [0.1, 0.15) is 0 Å². The van der Waals surface area contributed by atoms with E-state index in [0.29, 0.717) is 5.54 Å². The summed E-state index contributed by atoms with van der Waals surface area (Å²) in [5.74, 6) is 3.38. The van der Waals surface area contributed by atoms with Gasteiger partial charge in [0.2, 0.25) is 0 Å². The van der Waals surface area contributed by atoms with E-state index in [9.17, 15) is 0 Å². The van der Waals surface area contributed by atoms with E-state index in [2.05, 4.69) is 32.7 Å². The van der Waals surface area contributed by atoms with Gasteiger partial charge in [0.25, 0.3) is 0 Å². The molecule has 0 aromatic heterocycles. The van der Waals surface area contributed by atoms with E-state index in [0.717, 1.165) is 17.8 Å². The van der Waals surface area contributed by atoms with Crippen LogP contribution in [0.5, 0.6) is 0 Å². The summed E-state index contributed by atoms with van der Waals surface area (Å²) in [7, 11) is 2.37. The summed E-state index contributed by atoms with van der Waals surface area (Å²) < 4.78 is 0. The van der Waals surface area contributed by atoms with Gasteiger partial charge in [0, 0.05) is 5.54 Å². The van der Waals surface area contributed by atoms with E-state index in [1.165, 1.54) is 38.6 Å². The average molecular weight is 251 g/mol. The second-order valence-electron chi connectivity index (χ2n) is 6.89. The Hall–Kier alpha value is -0.0400. The molecule has 0 radical (unpaired) electrons. The predicted octanol–water partition coefficient (Wildman–Crippen LogP) is 4.71. The molecule has 2 saturated carbocycles. The van der Waals surface area contributed by atoms with Crippen molar-refractivity contribution in [1.82, 2.24) is 4.90 Å². The van der Waals surface area contributed by atoms with E-state index in [1.54, 1.807) is 19.3 Å². The van der Waals surface area contributed by atoms with Crippen LogP contribution >= 0.6 is 0 Å². The number of rotatable bonds is 9. The highest BCUT2D eigenvalue weighted by molar-refractivity contribution is 4.97. The summed E-state index contributed by atoms with van der Waals surface area (Å²) in [4.78, 5) is 2.69. The molecule has 0 saturated heterocycles. The van der Waals surface area contributed by atoms with Gasteiger partial charge in [0.05, 0.1) is 0 Å². The van der Waals surface area contributed by atoms with Crippen molar-refractivity contribution in [2.24, 2.45) is 17.8 Å². The molecule has 2 aliphatic carbocycles. The summed E-state index contributed by atoms with van der Waals surface area (Å²) >= 11 is 0. The molecule has 0 bridgehead atoms. The zero-order valence-corrected chi connectivity index (χ0v) is 13.0. The maximum Gasteiger partial charge on any atom is 0.0201 e. The molecular formula is C17H33N. The Morgan fingerprint density at radius 3 is 2.28 bits per heavy atom. The van der Waals surface area contributed by atoms with Crippen LogP contribution in [-0.4, -0.2) is 24.0 Å². The normalized spacial score (nSPS) is 27.8. The average Bonchev–Trinajstić information content (AvgIpc) is 3.25. The molecule has 0 spiro atoms. The van der Waals surface area contributed by atoms with Crippen molar-refractivity contribution < 1.29 is 0 Å². The Morgan fingerprint density at radius 1 is 1.11 bits per heavy atom. The van der Waals surface area contributed by atoms with Crippen LogP contribution in [0.1, 0.15) is 72.1 Å². The van der Waals surface area contributed by atoms with Crippen LogP contribution < -0.4 is 0 Å². The fourth-order valence-corrected chi connectivity index (χ4v) is 4.10. The molecule has 2 unspecified atom stereocenters. The van der Waals surface area contributed by atoms with Crippen molar-refractivity contribution in [1.29, 1.82) is 0 Å². The van der Waals surface area contributed by atoms with Crippen LogP contribution in [0, 0.1) is 17.8 Å². The molecule has 0 heterocycles. The van der Waals surface area contributed by atoms with Crippen LogP contribution in [0.3, 0.4) is 0 Å². The Bertz CT molecular complexity index is 252. The first kappa shape index (κ1) is 14.4. The maximum absolute atomic E-state index is 2.69. The summed E-state index contributed by atoms with van der Waals surface area (Å²) in [6.45, 7) is 8.41. The van der Waals surface area contributed by atoms with Crippen molar-refractivity contribution in [2.75, 3.05) is 13.6 Å². The Labute approximate surface area is 114 Å². The molecule has 2 fully saturated rings. The highest BCUT2D eigenvalue weighted by atomic mass is 15.2. The first-order chi connectivity index (χ1) is 8.66. The smallest absolute Gasteiger partial charge is 0.0201 e. The monoisotopic (exact) mass is 251 g/mol. The lowest BCUT2D eigenvalue weighted by Crippen LogP contribution is -2.46. The first-order valence-electron chi connectivity index (χ1n) is 8.38. The Kier molecular flexibility index (Phi) is 4.75. The van der Waals surface area contributed by atoms with E-state index in [1.807, 2.05) is 0 Å². The van der Waals surface area contributed by atoms with E-state index in [-0.39, 0.29) is 0 Å². The Morgan fingerprint density at radius 2 is 1.78 bits per heavy atom. The summed E-state index contributed by atoms with van der Waals surface area (Å²) in [6, 6.07) is 0. The molecule has 2 aliphatic rings. The van der Waals surface area contributed by atoms with Crippen molar-refractivity contribution in [3.05, 3.63) is 0 Å². The molecule has 1 heteroatoms. The molecule has 2 rings (SSSR count). The van der Waals surface area contributed by atoms with Crippen molar-refractivity contribution in [3.8, 4) is 0 Å². The van der Waals surface area contributed by atoms with Gasteiger partial charge < -0.3 is 4.90 Å². The van der Waals surface area contributed by atoms with Crippen LogP contribution in [0.25, 0.3) is 0 Å². The fourth-order valence-electron chi connectivity index (χ4n) is 4.10. The van der Waals surface area contributed by atoms with Gasteiger partial charge in [-0.2, -0.15) is 0 Å². The third-order valence-corrected chi connectivity index (χ3v) is 5.88. The molecule has 2 atom stereocenters. The Balaban J connectivity index is 1.75. The van der Waals surface area contributed by atoms with Gasteiger partial charge in [-0.3, -0.25) is 0 Å². The topological polar surface area (TPSA) is 3.24 Å². The number of nitrogens with zero attached hydrogens (tertiary/aromatic N) is 1. The van der Waals surface area contributed by atoms with Gasteiger partial charge in [-0.05, 0) is 76.3 Å². The van der Waals surface area contributed by atoms with E-state index < -0.39 is 0 Å². The quantitative estimate of drug-likeness (QED) is 0.573. The highest BCUT2D eigenvalue weighted by Gasteiger charge is 2.47. The van der Waals surface area contributed by atoms with Gasteiger partial charge in [-0.15, -0.1) is 0 Å². The van der Waals surface area contributed by atoms with Crippen molar-refractivity contribution in [2.45, 2.75) is 77.7 Å². The number of hydrogen-bond donors (Lipinski definition) is 0. The summed E-state index contributed by atoms with van der Waals surface area (Å²) in [5, 5.41) is 0. The van der Waals surface area contributed by atoms with Crippen LogP contribution in [0.4, 0.5) is 0 Å². The zero-order valence-electron chi connectivity index (χ0n) is 13.0. The fraction of sp³-hybridized carbons (Fsp3) is 1.00. The molecule has 0 aliphatic heterocycles. The minimum Gasteiger partial charge on any atom is -0.301 e. The van der Waals surface area contributed by atoms with Gasteiger partial charge in [-0.25, -0.2) is 0 Å². The first-order valence-corrected chi connectivity index (χ1v) is 8.38. The summed E-state index contributed by atoms with van der Waals surface area (Å²) in [5.41, 5.74) is 0.485. The second-order valence-corrected chi connectivity index (χ2v) is 6.89. The third-order valence-electron chi connectivity index (χ3n) is 5.88. The van der Waals surface area contributed by atoms with Crippen LogP contribution in [0.2, 0.25) is 0 Å². The molecule has 18 heavy (non-hydrogen) atoms. The van der Waals surface area contributed by atoms with Gasteiger partial charge >= 0.3 is 0 Å². The van der Waals surface area contributed by atoms with E-state index in [4.69, 9.17) is 0 Å². The summed E-state index contributed by atoms with van der Waals surface area (Å²) in [6.07, 6.45) is 11.4. The second kappa shape index (κ2) is 5.94. The van der Waals surface area contributed by atoms with Gasteiger partial charge in [-0.1, -0.05) is 27.2 Å². The predicted molar refractivity (Wildman–Crippen MR) is 79.8 cm³/mol. The van der Waals surface area contributed by atoms with E-state index >= 15 is 0 Å². The minimum atomic E-state index is 0.485. The zero-order chi connectivity index (χ0) is 13.2. The molecular weight excluding hydrogens is 218 g/mol. The molecule has 106 valence electrons. The molecule has 0 aromatic rings. The van der Waals surface area contributed by atoms with Gasteiger partial charge in [0.15, 0.2) is 0 Å².